The van der Waals surface area contributed by atoms with Crippen molar-refractivity contribution in [1.82, 2.24) is 5.32 Å². The van der Waals surface area contributed by atoms with Crippen molar-refractivity contribution in [3.63, 3.8) is 0 Å². The zero-order chi connectivity index (χ0) is 13.7. The number of likely N-dealkylation sites (N-methyl/N-ethyl adjacent to an activating group) is 1. The van der Waals surface area contributed by atoms with E-state index in [0.717, 1.165) is 4.47 Å². The number of amides is 1. The van der Waals surface area contributed by atoms with Crippen LogP contribution in [0.25, 0.3) is 0 Å². The van der Waals surface area contributed by atoms with Crippen LogP contribution in [0.1, 0.15) is 32.4 Å². The van der Waals surface area contributed by atoms with E-state index < -0.39 is 12.2 Å². The van der Waals surface area contributed by atoms with Gasteiger partial charge in [-0.15, -0.1) is 0 Å². The molecule has 2 unspecified atom stereocenters. The number of carbonyl (C=O) groups excluding carboxylic acids is 1. The SMILES string of the molecule is CCNC(=O)C(C)Oc1ccc(Br)cc1C(C)O. The van der Waals surface area contributed by atoms with Crippen molar-refractivity contribution in [2.75, 3.05) is 6.54 Å². The molecule has 2 atom stereocenters. The van der Waals surface area contributed by atoms with Crippen LogP contribution in [0, 0.1) is 0 Å². The molecule has 1 aromatic carbocycles. The third-order valence-electron chi connectivity index (χ3n) is 2.45. The lowest BCUT2D eigenvalue weighted by Crippen LogP contribution is -2.36. The van der Waals surface area contributed by atoms with E-state index in [4.69, 9.17) is 4.74 Å². The number of aliphatic hydroxyl groups is 1. The number of ether oxygens (including phenoxy) is 1. The fraction of sp³-hybridized carbons (Fsp3) is 0.462. The Hall–Kier alpha value is -1.07. The van der Waals surface area contributed by atoms with E-state index in [9.17, 15) is 9.90 Å². The highest BCUT2D eigenvalue weighted by Crippen LogP contribution is 2.29. The van der Waals surface area contributed by atoms with Crippen LogP contribution in [0.2, 0.25) is 0 Å². The quantitative estimate of drug-likeness (QED) is 0.877. The number of hydrogen-bond donors (Lipinski definition) is 2. The number of carbonyl (C=O) groups is 1. The predicted octanol–water partition coefficient (Wildman–Crippen LogP) is 2.41. The van der Waals surface area contributed by atoms with Crippen LogP contribution in [0.4, 0.5) is 0 Å². The van der Waals surface area contributed by atoms with Gasteiger partial charge >= 0.3 is 0 Å². The molecular weight excluding hydrogens is 298 g/mol. The van der Waals surface area contributed by atoms with E-state index in [0.29, 0.717) is 17.9 Å². The maximum Gasteiger partial charge on any atom is 0.260 e. The van der Waals surface area contributed by atoms with Gasteiger partial charge in [-0.25, -0.2) is 0 Å². The average Bonchev–Trinajstić information content (AvgIpc) is 2.31. The molecule has 0 radical (unpaired) electrons. The summed E-state index contributed by atoms with van der Waals surface area (Å²) in [5.74, 6) is 0.351. The first kappa shape index (κ1) is 15.0. The van der Waals surface area contributed by atoms with Gasteiger partial charge in [-0.2, -0.15) is 0 Å². The van der Waals surface area contributed by atoms with Crippen LogP contribution in [0.3, 0.4) is 0 Å². The smallest absolute Gasteiger partial charge is 0.260 e. The highest BCUT2D eigenvalue weighted by molar-refractivity contribution is 9.10. The third kappa shape index (κ3) is 3.99. The number of halogens is 1. The summed E-state index contributed by atoms with van der Waals surface area (Å²) in [6, 6.07) is 5.33. The van der Waals surface area contributed by atoms with E-state index >= 15 is 0 Å². The van der Waals surface area contributed by atoms with Crippen LogP contribution in [-0.4, -0.2) is 23.7 Å². The molecule has 1 amide bonds. The molecule has 18 heavy (non-hydrogen) atoms. The first-order valence-electron chi connectivity index (χ1n) is 5.87. The summed E-state index contributed by atoms with van der Waals surface area (Å²) in [7, 11) is 0. The number of benzene rings is 1. The van der Waals surface area contributed by atoms with E-state index in [1.807, 2.05) is 13.0 Å². The Morgan fingerprint density at radius 3 is 2.72 bits per heavy atom. The molecule has 0 saturated carbocycles. The van der Waals surface area contributed by atoms with Crippen molar-refractivity contribution in [3.8, 4) is 5.75 Å². The van der Waals surface area contributed by atoms with Crippen molar-refractivity contribution in [2.24, 2.45) is 0 Å². The zero-order valence-corrected chi connectivity index (χ0v) is 12.3. The van der Waals surface area contributed by atoms with Gasteiger partial charge in [0.1, 0.15) is 5.75 Å². The number of hydrogen-bond acceptors (Lipinski definition) is 3. The highest BCUT2D eigenvalue weighted by atomic mass is 79.9. The third-order valence-corrected chi connectivity index (χ3v) is 2.94. The lowest BCUT2D eigenvalue weighted by Gasteiger charge is -2.18. The fourth-order valence-electron chi connectivity index (χ4n) is 1.52. The molecule has 0 heterocycles. The Labute approximate surface area is 115 Å². The highest BCUT2D eigenvalue weighted by Gasteiger charge is 2.17. The Morgan fingerprint density at radius 2 is 2.17 bits per heavy atom. The Bertz CT molecular complexity index is 421. The second kappa shape index (κ2) is 6.75. The first-order chi connectivity index (χ1) is 8.45. The van der Waals surface area contributed by atoms with Crippen molar-refractivity contribution < 1.29 is 14.6 Å². The Kier molecular flexibility index (Phi) is 5.62. The molecule has 2 N–H and O–H groups in total. The topological polar surface area (TPSA) is 58.6 Å². The van der Waals surface area contributed by atoms with Gasteiger partial charge in [0.2, 0.25) is 0 Å². The first-order valence-corrected chi connectivity index (χ1v) is 6.66. The van der Waals surface area contributed by atoms with E-state index in [1.54, 1.807) is 26.0 Å². The van der Waals surface area contributed by atoms with Gasteiger partial charge in [0.15, 0.2) is 6.10 Å². The standard InChI is InChI=1S/C13H18BrNO3/c1-4-15-13(17)9(3)18-12-6-5-10(14)7-11(12)8(2)16/h5-9,16H,4H2,1-3H3,(H,15,17). The molecule has 1 aromatic rings. The summed E-state index contributed by atoms with van der Waals surface area (Å²) in [5.41, 5.74) is 0.653. The second-order valence-corrected chi connectivity index (χ2v) is 4.93. The monoisotopic (exact) mass is 315 g/mol. The summed E-state index contributed by atoms with van der Waals surface area (Å²) in [6.07, 6.45) is -1.25. The molecule has 0 aliphatic heterocycles. The van der Waals surface area contributed by atoms with Crippen LogP contribution >= 0.6 is 15.9 Å². The van der Waals surface area contributed by atoms with Gasteiger partial charge in [0, 0.05) is 16.6 Å². The number of nitrogens with one attached hydrogen (secondary N) is 1. The summed E-state index contributed by atoms with van der Waals surface area (Å²) in [5, 5.41) is 12.4. The van der Waals surface area contributed by atoms with Crippen molar-refractivity contribution in [1.29, 1.82) is 0 Å². The van der Waals surface area contributed by atoms with E-state index in [2.05, 4.69) is 21.2 Å². The van der Waals surface area contributed by atoms with Crippen LogP contribution in [-0.2, 0) is 4.79 Å². The molecule has 0 aliphatic rings. The van der Waals surface area contributed by atoms with Gasteiger partial charge in [0.25, 0.3) is 5.91 Å². The Morgan fingerprint density at radius 1 is 1.50 bits per heavy atom. The van der Waals surface area contributed by atoms with Gasteiger partial charge in [0.05, 0.1) is 6.10 Å². The summed E-state index contributed by atoms with van der Waals surface area (Å²) < 4.78 is 6.44. The predicted molar refractivity (Wildman–Crippen MR) is 73.5 cm³/mol. The van der Waals surface area contributed by atoms with E-state index in [-0.39, 0.29) is 5.91 Å². The van der Waals surface area contributed by atoms with Gasteiger partial charge in [-0.3, -0.25) is 4.79 Å². The van der Waals surface area contributed by atoms with Gasteiger partial charge in [-0.1, -0.05) is 15.9 Å². The molecule has 0 fully saturated rings. The zero-order valence-electron chi connectivity index (χ0n) is 10.7. The lowest BCUT2D eigenvalue weighted by atomic mass is 10.1. The minimum absolute atomic E-state index is 0.169. The molecule has 4 nitrogen and oxygen atoms in total. The Balaban J connectivity index is 2.87. The maximum absolute atomic E-state index is 11.6. The van der Waals surface area contributed by atoms with Crippen molar-refractivity contribution >= 4 is 21.8 Å². The fourth-order valence-corrected chi connectivity index (χ4v) is 1.89. The van der Waals surface area contributed by atoms with Gasteiger partial charge in [-0.05, 0) is 39.0 Å². The average molecular weight is 316 g/mol. The molecule has 1 rings (SSSR count). The van der Waals surface area contributed by atoms with Crippen LogP contribution < -0.4 is 10.1 Å². The minimum atomic E-state index is -0.654. The summed E-state index contributed by atoms with van der Waals surface area (Å²) in [4.78, 5) is 11.6. The van der Waals surface area contributed by atoms with Crippen molar-refractivity contribution in [2.45, 2.75) is 33.0 Å². The normalized spacial score (nSPS) is 13.8. The van der Waals surface area contributed by atoms with E-state index in [1.165, 1.54) is 0 Å². The second-order valence-electron chi connectivity index (χ2n) is 4.01. The molecular formula is C13H18BrNO3. The lowest BCUT2D eigenvalue weighted by molar-refractivity contribution is -0.127. The number of rotatable bonds is 5. The van der Waals surface area contributed by atoms with Crippen molar-refractivity contribution in [3.05, 3.63) is 28.2 Å². The molecule has 0 bridgehead atoms. The minimum Gasteiger partial charge on any atom is -0.481 e. The van der Waals surface area contributed by atoms with Crippen LogP contribution in [0.5, 0.6) is 5.75 Å². The molecule has 0 spiro atoms. The molecule has 100 valence electrons. The maximum atomic E-state index is 11.6. The largest absolute Gasteiger partial charge is 0.481 e. The number of aliphatic hydroxyl groups excluding tert-OH is 1. The van der Waals surface area contributed by atoms with Crippen LogP contribution in [0.15, 0.2) is 22.7 Å². The summed E-state index contributed by atoms with van der Waals surface area (Å²) >= 11 is 3.34. The molecule has 0 aromatic heterocycles. The molecule has 5 heteroatoms. The molecule has 0 saturated heterocycles. The molecule has 0 aliphatic carbocycles. The summed E-state index contributed by atoms with van der Waals surface area (Å²) in [6.45, 7) is 5.76. The van der Waals surface area contributed by atoms with Gasteiger partial charge < -0.3 is 15.2 Å².